The van der Waals surface area contributed by atoms with Gasteiger partial charge in [0.2, 0.25) is 0 Å². The molecule has 0 spiro atoms. The van der Waals surface area contributed by atoms with Crippen molar-refractivity contribution in [3.05, 3.63) is 46.9 Å². The number of halogens is 2. The number of nitrogens with zero attached hydrogens (tertiary/aromatic N) is 1. The Bertz CT molecular complexity index is 677. The first-order valence-electron chi connectivity index (χ1n) is 4.79. The maximum atomic E-state index is 3.53. The Morgan fingerprint density at radius 1 is 1.00 bits per heavy atom. The van der Waals surface area contributed by atoms with Crippen LogP contribution in [0.2, 0.25) is 0 Å². The minimum absolute atomic E-state index is 1.12. The molecule has 0 aliphatic heterocycles. The molecule has 0 unspecified atom stereocenters. The van der Waals surface area contributed by atoms with Gasteiger partial charge in [0.1, 0.15) is 0 Å². The lowest BCUT2D eigenvalue weighted by molar-refractivity contribution is 1.43. The molecule has 0 radical (unpaired) electrons. The van der Waals surface area contributed by atoms with E-state index in [0.717, 1.165) is 4.47 Å². The van der Waals surface area contributed by atoms with Crippen LogP contribution in [-0.4, -0.2) is 3.97 Å². The molecule has 3 rings (SSSR count). The van der Waals surface area contributed by atoms with E-state index in [1.807, 2.05) is 0 Å². The van der Waals surface area contributed by atoms with Crippen LogP contribution in [0.5, 0.6) is 0 Å². The van der Waals surface area contributed by atoms with Crippen LogP contribution < -0.4 is 0 Å². The summed E-state index contributed by atoms with van der Waals surface area (Å²) in [7, 11) is 1.71. The van der Waals surface area contributed by atoms with Crippen LogP contribution in [0.3, 0.4) is 0 Å². The van der Waals surface area contributed by atoms with E-state index in [-0.39, 0.29) is 0 Å². The molecule has 0 atom stereocenters. The van der Waals surface area contributed by atoms with Gasteiger partial charge in [-0.2, -0.15) is 0 Å². The van der Waals surface area contributed by atoms with Crippen molar-refractivity contribution in [3.8, 4) is 0 Å². The molecule has 0 N–H and O–H groups in total. The molecule has 1 aromatic heterocycles. The van der Waals surface area contributed by atoms with E-state index in [0.29, 0.717) is 0 Å². The summed E-state index contributed by atoms with van der Waals surface area (Å²) >= 11 is 5.85. The van der Waals surface area contributed by atoms with Gasteiger partial charge in [0.25, 0.3) is 0 Å². The zero-order chi connectivity index (χ0) is 11.1. The van der Waals surface area contributed by atoms with Gasteiger partial charge in [-0.1, -0.05) is 40.2 Å². The smallest absolute Gasteiger partial charge is 0.0623 e. The monoisotopic (exact) mass is 403 g/mol. The molecule has 0 fully saturated rings. The van der Waals surface area contributed by atoms with Crippen molar-refractivity contribution in [2.24, 2.45) is 0 Å². The largest absolute Gasteiger partial charge is 0.275 e. The van der Waals surface area contributed by atoms with E-state index in [4.69, 9.17) is 0 Å². The SMILES string of the molecule is Brc1ccc2c3ccccc3n(SI)c2c1. The van der Waals surface area contributed by atoms with Gasteiger partial charge < -0.3 is 0 Å². The molecule has 0 bridgehead atoms. The molecular weight excluding hydrogens is 397 g/mol. The third-order valence-corrected chi connectivity index (χ3v) is 4.87. The number of fused-ring (bicyclic) bond motifs is 3. The highest BCUT2D eigenvalue weighted by molar-refractivity contribution is 14.2. The number of benzene rings is 2. The van der Waals surface area contributed by atoms with Gasteiger partial charge in [-0.25, -0.2) is 0 Å². The Morgan fingerprint density at radius 3 is 2.56 bits per heavy atom. The van der Waals surface area contributed by atoms with Crippen LogP contribution in [0, 0.1) is 0 Å². The van der Waals surface area contributed by atoms with Gasteiger partial charge in [0.15, 0.2) is 0 Å². The Balaban J connectivity index is 2.58. The average Bonchev–Trinajstić information content (AvgIpc) is 2.61. The van der Waals surface area contributed by atoms with Crippen LogP contribution in [0.1, 0.15) is 0 Å². The Morgan fingerprint density at radius 2 is 1.75 bits per heavy atom. The molecule has 80 valence electrons. The first-order valence-corrected chi connectivity index (χ1v) is 8.90. The summed E-state index contributed by atoms with van der Waals surface area (Å²) in [6.45, 7) is 0. The molecule has 0 saturated heterocycles. The molecule has 16 heavy (non-hydrogen) atoms. The van der Waals surface area contributed by atoms with E-state index in [1.165, 1.54) is 21.8 Å². The number of aromatic nitrogens is 1. The highest BCUT2D eigenvalue weighted by atomic mass is 127. The Kier molecular flexibility index (Phi) is 2.89. The van der Waals surface area contributed by atoms with E-state index in [9.17, 15) is 0 Å². The maximum absolute atomic E-state index is 3.53. The van der Waals surface area contributed by atoms with Gasteiger partial charge in [0, 0.05) is 45.6 Å². The van der Waals surface area contributed by atoms with Gasteiger partial charge >= 0.3 is 0 Å². The van der Waals surface area contributed by atoms with Crippen LogP contribution in [0.15, 0.2) is 46.9 Å². The highest BCUT2D eigenvalue weighted by Crippen LogP contribution is 2.35. The van der Waals surface area contributed by atoms with Crippen LogP contribution in [-0.2, 0) is 0 Å². The van der Waals surface area contributed by atoms with Crippen LogP contribution >= 0.6 is 46.3 Å². The van der Waals surface area contributed by atoms with Crippen molar-refractivity contribution in [2.75, 3.05) is 0 Å². The zero-order valence-electron chi connectivity index (χ0n) is 8.15. The van der Waals surface area contributed by atoms with E-state index < -0.39 is 0 Å². The van der Waals surface area contributed by atoms with Gasteiger partial charge in [-0.15, -0.1) is 0 Å². The molecule has 0 aliphatic rings. The van der Waals surface area contributed by atoms with E-state index >= 15 is 0 Å². The lowest BCUT2D eigenvalue weighted by Gasteiger charge is -1.99. The molecule has 4 heteroatoms. The molecule has 0 aliphatic carbocycles. The molecule has 0 amide bonds. The molecular formula is C12H7BrINS. The predicted octanol–water partition coefficient (Wildman–Crippen LogP) is 5.40. The third-order valence-electron chi connectivity index (χ3n) is 2.66. The van der Waals surface area contributed by atoms with Crippen LogP contribution in [0.4, 0.5) is 0 Å². The lowest BCUT2D eigenvalue weighted by atomic mass is 10.2. The van der Waals surface area contributed by atoms with Crippen LogP contribution in [0.25, 0.3) is 21.8 Å². The quantitative estimate of drug-likeness (QED) is 0.492. The summed E-state index contributed by atoms with van der Waals surface area (Å²) < 4.78 is 3.38. The second-order valence-electron chi connectivity index (χ2n) is 3.54. The fourth-order valence-corrected chi connectivity index (χ4v) is 4.06. The summed E-state index contributed by atoms with van der Waals surface area (Å²) in [4.78, 5) is 0. The molecule has 3 aromatic rings. The predicted molar refractivity (Wildman–Crippen MR) is 84.2 cm³/mol. The first-order chi connectivity index (χ1) is 7.81. The van der Waals surface area contributed by atoms with Gasteiger partial charge in [-0.3, -0.25) is 3.97 Å². The topological polar surface area (TPSA) is 4.93 Å². The minimum Gasteiger partial charge on any atom is -0.275 e. The highest BCUT2D eigenvalue weighted by Gasteiger charge is 2.09. The summed E-state index contributed by atoms with van der Waals surface area (Å²) in [6.07, 6.45) is 0. The third kappa shape index (κ3) is 1.58. The molecule has 2 aromatic carbocycles. The summed E-state index contributed by atoms with van der Waals surface area (Å²) in [5, 5.41) is 2.62. The Labute approximate surface area is 118 Å². The summed E-state index contributed by atoms with van der Waals surface area (Å²) in [5.41, 5.74) is 2.53. The number of hydrogen-bond donors (Lipinski definition) is 0. The maximum Gasteiger partial charge on any atom is 0.0623 e. The van der Waals surface area contributed by atoms with E-state index in [2.05, 4.69) is 83.6 Å². The number of hydrogen-bond acceptors (Lipinski definition) is 1. The van der Waals surface area contributed by atoms with Gasteiger partial charge in [-0.05, 0) is 18.2 Å². The number of para-hydroxylation sites is 1. The fourth-order valence-electron chi connectivity index (χ4n) is 1.98. The van der Waals surface area contributed by atoms with Gasteiger partial charge in [0.05, 0.1) is 11.0 Å². The Hall–Kier alpha value is -0.200. The standard InChI is InChI=1S/C12H7BrINS/c13-8-5-6-10-9-3-1-2-4-11(9)15(16-14)12(10)7-8/h1-7H. The van der Waals surface area contributed by atoms with Crippen molar-refractivity contribution in [1.29, 1.82) is 0 Å². The molecule has 1 heterocycles. The second kappa shape index (κ2) is 4.23. The molecule has 1 nitrogen and oxygen atoms in total. The van der Waals surface area contributed by atoms with E-state index in [1.54, 1.807) is 9.12 Å². The fraction of sp³-hybridized carbons (Fsp3) is 0. The summed E-state index contributed by atoms with van der Waals surface area (Å²) in [5.74, 6) is 0. The van der Waals surface area contributed by atoms with Crippen molar-refractivity contribution < 1.29 is 0 Å². The van der Waals surface area contributed by atoms with Crippen molar-refractivity contribution in [2.45, 2.75) is 0 Å². The first kappa shape index (κ1) is 10.9. The molecule has 0 saturated carbocycles. The number of rotatable bonds is 1. The van der Waals surface area contributed by atoms with Crippen molar-refractivity contribution >= 4 is 68.1 Å². The normalized spacial score (nSPS) is 11.4. The van der Waals surface area contributed by atoms with Crippen molar-refractivity contribution in [3.63, 3.8) is 0 Å². The lowest BCUT2D eigenvalue weighted by Crippen LogP contribution is -1.80. The zero-order valence-corrected chi connectivity index (χ0v) is 12.7. The van der Waals surface area contributed by atoms with Crippen molar-refractivity contribution in [1.82, 2.24) is 3.97 Å². The average molecular weight is 404 g/mol. The summed E-state index contributed by atoms with van der Waals surface area (Å²) in [6, 6.07) is 14.9. The second-order valence-corrected chi connectivity index (χ2v) is 6.14. The minimum atomic E-state index is 1.12.